The second kappa shape index (κ2) is 7.56. The fourth-order valence-electron chi connectivity index (χ4n) is 2.72. The third-order valence-corrected chi connectivity index (χ3v) is 4.24. The minimum atomic E-state index is -0.0999. The van der Waals surface area contributed by atoms with Gasteiger partial charge in [-0.15, -0.1) is 0 Å². The molecule has 0 bridgehead atoms. The predicted octanol–water partition coefficient (Wildman–Crippen LogP) is 4.86. The van der Waals surface area contributed by atoms with Crippen LogP contribution in [0.15, 0.2) is 81.9 Å². The van der Waals surface area contributed by atoms with Gasteiger partial charge in [0.1, 0.15) is 5.76 Å². The molecular weight excluding hydrogens is 350 g/mol. The minimum Gasteiger partial charge on any atom is -0.467 e. The average Bonchev–Trinajstić information content (AvgIpc) is 3.36. The highest BCUT2D eigenvalue weighted by molar-refractivity contribution is 6.30. The van der Waals surface area contributed by atoms with E-state index in [0.717, 1.165) is 16.9 Å². The summed E-state index contributed by atoms with van der Waals surface area (Å²) in [5, 5.41) is 8.12. The number of hydrogen-bond acceptors (Lipinski definition) is 5. The van der Waals surface area contributed by atoms with Crippen LogP contribution in [0.25, 0.3) is 11.4 Å². The topological polar surface area (TPSA) is 64.1 Å². The van der Waals surface area contributed by atoms with E-state index in [2.05, 4.69) is 15.5 Å². The first-order valence-corrected chi connectivity index (χ1v) is 8.57. The van der Waals surface area contributed by atoms with E-state index < -0.39 is 0 Å². The second-order valence-corrected chi connectivity index (χ2v) is 6.20. The zero-order chi connectivity index (χ0) is 17.8. The monoisotopic (exact) mass is 365 g/mol. The zero-order valence-electron chi connectivity index (χ0n) is 13.8. The fraction of sp³-hybridized carbons (Fsp3) is 0.100. The van der Waals surface area contributed by atoms with Crippen LogP contribution in [0.5, 0.6) is 0 Å². The lowest BCUT2D eigenvalue weighted by Gasteiger charge is -2.15. The van der Waals surface area contributed by atoms with Crippen molar-refractivity contribution in [3.05, 3.63) is 95.2 Å². The Hall–Kier alpha value is -2.89. The van der Waals surface area contributed by atoms with Crippen LogP contribution >= 0.6 is 11.6 Å². The Balaban J connectivity index is 1.51. The van der Waals surface area contributed by atoms with Crippen molar-refractivity contribution in [2.24, 2.45) is 0 Å². The number of aromatic nitrogens is 2. The summed E-state index contributed by atoms with van der Waals surface area (Å²) in [6, 6.07) is 21.1. The van der Waals surface area contributed by atoms with Crippen LogP contribution in [0, 0.1) is 0 Å². The molecule has 0 unspecified atom stereocenters. The fourth-order valence-corrected chi connectivity index (χ4v) is 2.84. The van der Waals surface area contributed by atoms with Crippen molar-refractivity contribution in [3.8, 4) is 11.4 Å². The Morgan fingerprint density at radius 3 is 2.50 bits per heavy atom. The lowest BCUT2D eigenvalue weighted by molar-refractivity contribution is 0.355. The summed E-state index contributed by atoms with van der Waals surface area (Å²) in [5.74, 6) is 1.86. The van der Waals surface area contributed by atoms with Crippen molar-refractivity contribution in [2.45, 2.75) is 12.6 Å². The van der Waals surface area contributed by atoms with Gasteiger partial charge in [0.2, 0.25) is 11.7 Å². The van der Waals surface area contributed by atoms with Gasteiger partial charge in [-0.2, -0.15) is 4.98 Å². The van der Waals surface area contributed by atoms with E-state index in [-0.39, 0.29) is 6.04 Å². The molecular formula is C20H16ClN3O2. The predicted molar refractivity (Wildman–Crippen MR) is 98.6 cm³/mol. The molecule has 0 saturated heterocycles. The number of hydrogen-bond donors (Lipinski definition) is 1. The smallest absolute Gasteiger partial charge is 0.240 e. The number of halogens is 1. The SMILES string of the molecule is Clc1ccc(-c2noc(CN[C@@H](c3ccccc3)c3ccco3)n2)cc1. The lowest BCUT2D eigenvalue weighted by Crippen LogP contribution is -2.21. The maximum Gasteiger partial charge on any atom is 0.240 e. The quantitative estimate of drug-likeness (QED) is 0.528. The molecule has 1 atom stereocenters. The first-order chi connectivity index (χ1) is 12.8. The molecule has 0 aliphatic carbocycles. The van der Waals surface area contributed by atoms with E-state index in [9.17, 15) is 0 Å². The molecule has 2 aromatic heterocycles. The molecule has 0 amide bonds. The minimum absolute atomic E-state index is 0.0999. The van der Waals surface area contributed by atoms with E-state index in [1.807, 2.05) is 54.6 Å². The molecule has 0 saturated carbocycles. The van der Waals surface area contributed by atoms with Crippen LogP contribution in [-0.4, -0.2) is 10.1 Å². The Bertz CT molecular complexity index is 950. The van der Waals surface area contributed by atoms with E-state index in [4.69, 9.17) is 20.5 Å². The summed E-state index contributed by atoms with van der Waals surface area (Å²) in [5.41, 5.74) is 1.95. The van der Waals surface area contributed by atoms with Crippen LogP contribution in [0.1, 0.15) is 23.3 Å². The van der Waals surface area contributed by atoms with Crippen LogP contribution < -0.4 is 5.32 Å². The normalized spacial score (nSPS) is 12.2. The summed E-state index contributed by atoms with van der Waals surface area (Å²) >= 11 is 5.91. The molecule has 4 aromatic rings. The maximum absolute atomic E-state index is 5.91. The highest BCUT2D eigenvalue weighted by Crippen LogP contribution is 2.23. The highest BCUT2D eigenvalue weighted by atomic mass is 35.5. The number of nitrogens with zero attached hydrogens (tertiary/aromatic N) is 2. The molecule has 0 aliphatic heterocycles. The summed E-state index contributed by atoms with van der Waals surface area (Å²) in [4.78, 5) is 4.44. The number of furan rings is 1. The number of benzene rings is 2. The van der Waals surface area contributed by atoms with E-state index >= 15 is 0 Å². The van der Waals surface area contributed by atoms with Gasteiger partial charge in [-0.1, -0.05) is 47.1 Å². The standard InChI is InChI=1S/C20H16ClN3O2/c21-16-10-8-15(9-11-16)20-23-18(26-24-20)13-22-19(17-7-4-12-25-17)14-5-2-1-3-6-14/h1-12,19,22H,13H2/t19-/m0/s1. The maximum atomic E-state index is 5.91. The molecule has 0 radical (unpaired) electrons. The van der Waals surface area contributed by atoms with Gasteiger partial charge in [-0.3, -0.25) is 5.32 Å². The number of nitrogens with one attached hydrogen (secondary N) is 1. The van der Waals surface area contributed by atoms with Gasteiger partial charge in [0.25, 0.3) is 0 Å². The van der Waals surface area contributed by atoms with Gasteiger partial charge in [0, 0.05) is 10.6 Å². The molecule has 1 N–H and O–H groups in total. The van der Waals surface area contributed by atoms with E-state index in [1.54, 1.807) is 18.4 Å². The summed E-state index contributed by atoms with van der Waals surface area (Å²) in [6.07, 6.45) is 1.66. The van der Waals surface area contributed by atoms with Gasteiger partial charge < -0.3 is 8.94 Å². The molecule has 0 fully saturated rings. The first-order valence-electron chi connectivity index (χ1n) is 8.20. The van der Waals surface area contributed by atoms with Crippen molar-refractivity contribution in [3.63, 3.8) is 0 Å². The van der Waals surface area contributed by atoms with Crippen LogP contribution in [0.2, 0.25) is 5.02 Å². The van der Waals surface area contributed by atoms with E-state index in [0.29, 0.717) is 23.3 Å². The summed E-state index contributed by atoms with van der Waals surface area (Å²) < 4.78 is 10.9. The third-order valence-electron chi connectivity index (χ3n) is 3.99. The molecule has 6 heteroatoms. The molecule has 4 rings (SSSR count). The Morgan fingerprint density at radius 1 is 0.962 bits per heavy atom. The van der Waals surface area contributed by atoms with Gasteiger partial charge in [-0.25, -0.2) is 0 Å². The Kier molecular flexibility index (Phi) is 4.82. The van der Waals surface area contributed by atoms with Crippen LogP contribution in [-0.2, 0) is 6.54 Å². The molecule has 2 aromatic carbocycles. The second-order valence-electron chi connectivity index (χ2n) is 5.76. The van der Waals surface area contributed by atoms with Gasteiger partial charge >= 0.3 is 0 Å². The van der Waals surface area contributed by atoms with E-state index in [1.165, 1.54) is 0 Å². The van der Waals surface area contributed by atoms with Gasteiger partial charge in [-0.05, 0) is 42.0 Å². The van der Waals surface area contributed by atoms with Gasteiger partial charge in [0.05, 0.1) is 18.8 Å². The largest absolute Gasteiger partial charge is 0.467 e. The molecule has 5 nitrogen and oxygen atoms in total. The van der Waals surface area contributed by atoms with Crippen LogP contribution in [0.4, 0.5) is 0 Å². The molecule has 130 valence electrons. The molecule has 2 heterocycles. The summed E-state index contributed by atoms with van der Waals surface area (Å²) in [7, 11) is 0. The van der Waals surface area contributed by atoms with Gasteiger partial charge in [0.15, 0.2) is 0 Å². The van der Waals surface area contributed by atoms with Crippen molar-refractivity contribution >= 4 is 11.6 Å². The van der Waals surface area contributed by atoms with Crippen molar-refractivity contribution in [1.29, 1.82) is 0 Å². The average molecular weight is 366 g/mol. The lowest BCUT2D eigenvalue weighted by atomic mass is 10.0. The zero-order valence-corrected chi connectivity index (χ0v) is 14.6. The van der Waals surface area contributed by atoms with Crippen molar-refractivity contribution in [2.75, 3.05) is 0 Å². The summed E-state index contributed by atoms with van der Waals surface area (Å²) in [6.45, 7) is 0.418. The van der Waals surface area contributed by atoms with Crippen LogP contribution in [0.3, 0.4) is 0 Å². The molecule has 0 aliphatic rings. The molecule has 0 spiro atoms. The Morgan fingerprint density at radius 2 is 1.77 bits per heavy atom. The number of rotatable bonds is 6. The van der Waals surface area contributed by atoms with Crippen molar-refractivity contribution in [1.82, 2.24) is 15.5 Å². The first kappa shape index (κ1) is 16.6. The molecule has 26 heavy (non-hydrogen) atoms. The third kappa shape index (κ3) is 3.69. The van der Waals surface area contributed by atoms with Crippen molar-refractivity contribution < 1.29 is 8.94 Å². The highest BCUT2D eigenvalue weighted by Gasteiger charge is 2.18. The Labute approximate surface area is 155 Å².